The van der Waals surface area contributed by atoms with Crippen LogP contribution in [0.5, 0.6) is 5.75 Å². The fourth-order valence-electron chi connectivity index (χ4n) is 2.25. The van der Waals surface area contributed by atoms with E-state index in [2.05, 4.69) is 5.10 Å². The van der Waals surface area contributed by atoms with Gasteiger partial charge >= 0.3 is 12.1 Å². The Bertz CT molecular complexity index is 731. The molecule has 0 radical (unpaired) electrons. The van der Waals surface area contributed by atoms with E-state index in [4.69, 9.17) is 9.47 Å². The lowest BCUT2D eigenvalue weighted by Gasteiger charge is -2.13. The summed E-state index contributed by atoms with van der Waals surface area (Å²) in [6.07, 6.45) is -4.45. The van der Waals surface area contributed by atoms with Gasteiger partial charge in [-0.25, -0.2) is 4.79 Å². The van der Waals surface area contributed by atoms with Crippen molar-refractivity contribution in [2.24, 2.45) is 0 Å². The number of hydrogen-bond acceptors (Lipinski definition) is 5. The number of hydrogen-bond donors (Lipinski definition) is 1. The number of para-hydroxylation sites is 1. The molecule has 0 bridgehead atoms. The molecule has 0 fully saturated rings. The summed E-state index contributed by atoms with van der Waals surface area (Å²) in [6.45, 7) is 0.584. The van der Waals surface area contributed by atoms with Gasteiger partial charge in [-0.05, 0) is 24.6 Å². The first kappa shape index (κ1) is 19.8. The zero-order valence-electron chi connectivity index (χ0n) is 14.1. The molecule has 2 rings (SSSR count). The molecule has 1 aromatic heterocycles. The van der Waals surface area contributed by atoms with E-state index >= 15 is 0 Å². The Kier molecular flexibility index (Phi) is 6.62. The van der Waals surface area contributed by atoms with Crippen molar-refractivity contribution in [3.8, 4) is 5.75 Å². The number of carbonyl (C=O) groups excluding carboxylic acids is 1. The zero-order chi connectivity index (χ0) is 19.2. The van der Waals surface area contributed by atoms with Crippen LogP contribution in [0.1, 0.15) is 18.2 Å². The molecule has 6 nitrogen and oxygen atoms in total. The quantitative estimate of drug-likeness (QED) is 0.721. The van der Waals surface area contributed by atoms with Gasteiger partial charge in [0.05, 0.1) is 12.3 Å². The summed E-state index contributed by atoms with van der Waals surface area (Å²) in [5.74, 6) is -0.325. The zero-order valence-corrected chi connectivity index (χ0v) is 14.1. The SMILES string of the molecule is CCOC(=O)[C@H](O)Cc1ccccc1OCc1ccn(CC(F)(F)F)n1. The Morgan fingerprint density at radius 2 is 2.04 bits per heavy atom. The number of ether oxygens (including phenoxy) is 2. The minimum atomic E-state index is -4.35. The molecule has 0 saturated carbocycles. The summed E-state index contributed by atoms with van der Waals surface area (Å²) in [4.78, 5) is 11.5. The van der Waals surface area contributed by atoms with Crippen LogP contribution in [0.15, 0.2) is 36.5 Å². The summed E-state index contributed by atoms with van der Waals surface area (Å²) in [6, 6.07) is 8.18. The van der Waals surface area contributed by atoms with Gasteiger partial charge in [-0.15, -0.1) is 0 Å². The van der Waals surface area contributed by atoms with E-state index in [9.17, 15) is 23.1 Å². The van der Waals surface area contributed by atoms with Crippen molar-refractivity contribution in [2.75, 3.05) is 6.61 Å². The lowest BCUT2D eigenvalue weighted by atomic mass is 10.1. The summed E-state index contributed by atoms with van der Waals surface area (Å²) >= 11 is 0. The lowest BCUT2D eigenvalue weighted by molar-refractivity contribution is -0.152. The number of halogens is 3. The Morgan fingerprint density at radius 1 is 1.31 bits per heavy atom. The largest absolute Gasteiger partial charge is 0.487 e. The first-order chi connectivity index (χ1) is 12.3. The van der Waals surface area contributed by atoms with Gasteiger partial charge in [0, 0.05) is 12.6 Å². The van der Waals surface area contributed by atoms with Crippen molar-refractivity contribution in [3.05, 3.63) is 47.8 Å². The van der Waals surface area contributed by atoms with E-state index in [1.165, 1.54) is 12.3 Å². The molecule has 1 heterocycles. The summed E-state index contributed by atoms with van der Waals surface area (Å²) in [5.41, 5.74) is 0.901. The van der Waals surface area contributed by atoms with Gasteiger partial charge in [0.1, 0.15) is 18.9 Å². The number of carbonyl (C=O) groups is 1. The van der Waals surface area contributed by atoms with Crippen LogP contribution in [0.4, 0.5) is 13.2 Å². The van der Waals surface area contributed by atoms with Gasteiger partial charge in [0.2, 0.25) is 0 Å². The molecular formula is C17H19F3N2O4. The highest BCUT2D eigenvalue weighted by Crippen LogP contribution is 2.21. The molecule has 0 saturated heterocycles. The Labute approximate surface area is 148 Å². The van der Waals surface area contributed by atoms with Crippen molar-refractivity contribution in [1.29, 1.82) is 0 Å². The Balaban J connectivity index is 1.99. The molecule has 26 heavy (non-hydrogen) atoms. The molecule has 0 spiro atoms. The number of alkyl halides is 3. The van der Waals surface area contributed by atoms with E-state index in [1.54, 1.807) is 31.2 Å². The van der Waals surface area contributed by atoms with E-state index < -0.39 is 24.8 Å². The molecule has 0 aliphatic rings. The topological polar surface area (TPSA) is 73.6 Å². The number of nitrogens with zero attached hydrogens (tertiary/aromatic N) is 2. The third kappa shape index (κ3) is 6.07. The minimum absolute atomic E-state index is 0.00246. The number of benzene rings is 1. The maximum atomic E-state index is 12.3. The maximum Gasteiger partial charge on any atom is 0.408 e. The van der Waals surface area contributed by atoms with E-state index in [0.29, 0.717) is 17.0 Å². The smallest absolute Gasteiger partial charge is 0.408 e. The van der Waals surface area contributed by atoms with Gasteiger partial charge in [-0.2, -0.15) is 18.3 Å². The molecule has 0 unspecified atom stereocenters. The highest BCUT2D eigenvalue weighted by atomic mass is 19.4. The number of rotatable bonds is 8. The standard InChI is InChI=1S/C17H19F3N2O4/c1-2-25-16(24)14(23)9-12-5-3-4-6-15(12)26-10-13-7-8-22(21-13)11-17(18,19)20/h3-8,14,23H,2,9-11H2,1H3/t14-/m1/s1. The van der Waals surface area contributed by atoms with E-state index in [1.807, 2.05) is 0 Å². The highest BCUT2D eigenvalue weighted by Gasteiger charge is 2.28. The molecule has 142 valence electrons. The second kappa shape index (κ2) is 8.70. The van der Waals surface area contributed by atoms with Gasteiger partial charge in [-0.3, -0.25) is 4.68 Å². The van der Waals surface area contributed by atoms with Crippen LogP contribution >= 0.6 is 0 Å². The minimum Gasteiger partial charge on any atom is -0.487 e. The van der Waals surface area contributed by atoms with Crippen LogP contribution in [-0.2, 0) is 29.1 Å². The van der Waals surface area contributed by atoms with Crippen molar-refractivity contribution in [2.45, 2.75) is 38.8 Å². The van der Waals surface area contributed by atoms with Crippen LogP contribution in [0, 0.1) is 0 Å². The highest BCUT2D eigenvalue weighted by molar-refractivity contribution is 5.74. The monoisotopic (exact) mass is 372 g/mol. The Hall–Kier alpha value is -2.55. The van der Waals surface area contributed by atoms with Crippen LogP contribution in [0.25, 0.3) is 0 Å². The van der Waals surface area contributed by atoms with E-state index in [0.717, 1.165) is 4.68 Å². The van der Waals surface area contributed by atoms with Crippen molar-refractivity contribution >= 4 is 5.97 Å². The van der Waals surface area contributed by atoms with Crippen molar-refractivity contribution in [1.82, 2.24) is 9.78 Å². The van der Waals surface area contributed by atoms with Crippen LogP contribution in [0.3, 0.4) is 0 Å². The summed E-state index contributed by atoms with van der Waals surface area (Å²) in [7, 11) is 0. The van der Waals surface area contributed by atoms with Gasteiger partial charge in [-0.1, -0.05) is 18.2 Å². The normalized spacial score (nSPS) is 12.7. The summed E-state index contributed by atoms with van der Waals surface area (Å²) < 4.78 is 48.2. The Morgan fingerprint density at radius 3 is 2.73 bits per heavy atom. The predicted molar refractivity (Wildman–Crippen MR) is 85.4 cm³/mol. The second-order valence-corrected chi connectivity index (χ2v) is 5.49. The average molecular weight is 372 g/mol. The number of aliphatic hydroxyl groups excluding tert-OH is 1. The fraction of sp³-hybridized carbons (Fsp3) is 0.412. The molecule has 9 heteroatoms. The van der Waals surface area contributed by atoms with Gasteiger partial charge < -0.3 is 14.6 Å². The first-order valence-corrected chi connectivity index (χ1v) is 7.93. The number of esters is 1. The van der Waals surface area contributed by atoms with Crippen LogP contribution < -0.4 is 4.74 Å². The third-order valence-electron chi connectivity index (χ3n) is 3.36. The molecule has 0 aliphatic heterocycles. The molecule has 0 aliphatic carbocycles. The average Bonchev–Trinajstić information content (AvgIpc) is 2.99. The van der Waals surface area contributed by atoms with Crippen molar-refractivity contribution in [3.63, 3.8) is 0 Å². The van der Waals surface area contributed by atoms with Crippen molar-refractivity contribution < 1.29 is 32.5 Å². The van der Waals surface area contributed by atoms with E-state index in [-0.39, 0.29) is 19.6 Å². The molecule has 2 aromatic rings. The molecule has 1 N–H and O–H groups in total. The lowest BCUT2D eigenvalue weighted by Crippen LogP contribution is -2.25. The number of aliphatic hydroxyl groups is 1. The molecule has 1 aromatic carbocycles. The van der Waals surface area contributed by atoms with Crippen LogP contribution in [0.2, 0.25) is 0 Å². The molecule has 0 amide bonds. The van der Waals surface area contributed by atoms with Gasteiger partial charge in [0.15, 0.2) is 6.10 Å². The maximum absolute atomic E-state index is 12.3. The third-order valence-corrected chi connectivity index (χ3v) is 3.36. The number of aromatic nitrogens is 2. The molecule has 1 atom stereocenters. The predicted octanol–water partition coefficient (Wildman–Crippen LogP) is 2.49. The fourth-order valence-corrected chi connectivity index (χ4v) is 2.25. The molecular weight excluding hydrogens is 353 g/mol. The first-order valence-electron chi connectivity index (χ1n) is 7.93. The van der Waals surface area contributed by atoms with Crippen LogP contribution in [-0.4, -0.2) is 39.7 Å². The second-order valence-electron chi connectivity index (χ2n) is 5.49. The summed E-state index contributed by atoms with van der Waals surface area (Å²) in [5, 5.41) is 13.7. The van der Waals surface area contributed by atoms with Gasteiger partial charge in [0.25, 0.3) is 0 Å².